The Morgan fingerprint density at radius 1 is 0.946 bits per heavy atom. The molecule has 0 unspecified atom stereocenters. The number of nitrogen functional groups attached to an aromatic ring is 1. The van der Waals surface area contributed by atoms with Gasteiger partial charge in [0.15, 0.2) is 0 Å². The summed E-state index contributed by atoms with van der Waals surface area (Å²) in [7, 11) is 0. The molecule has 10 nitrogen and oxygen atoms in total. The highest BCUT2D eigenvalue weighted by atomic mass is 16.5. The van der Waals surface area contributed by atoms with Crippen LogP contribution in [0.25, 0.3) is 22.6 Å². The zero-order valence-corrected chi connectivity index (χ0v) is 20.8. The number of ether oxygens (including phenoxy) is 1. The van der Waals surface area contributed by atoms with E-state index in [1.807, 2.05) is 43.5 Å². The summed E-state index contributed by atoms with van der Waals surface area (Å²) in [6, 6.07) is 15.7. The first-order valence-electron chi connectivity index (χ1n) is 12.4. The second kappa shape index (κ2) is 11.2. The second-order valence-corrected chi connectivity index (χ2v) is 9.10. The Morgan fingerprint density at radius 2 is 1.68 bits per heavy atom. The third-order valence-corrected chi connectivity index (χ3v) is 6.37. The standard InChI is InChI=1S/C27H29N9O/c1-19-20(15-28)6-2-9-23(19)24-14-25(32-27(29)31-24)26-18-36(34-33-26)17-22-8-3-7-21(30-22)16-35-10-4-12-37-13-5-11-35/h2-3,6-9,14,18H,4-5,10-13,16-17H2,1H3,(H2,29,31,32). The van der Waals surface area contributed by atoms with Crippen molar-refractivity contribution in [3.05, 3.63) is 71.2 Å². The van der Waals surface area contributed by atoms with Gasteiger partial charge in [-0.3, -0.25) is 9.88 Å². The summed E-state index contributed by atoms with van der Waals surface area (Å²) in [6.07, 6.45) is 3.91. The van der Waals surface area contributed by atoms with E-state index in [0.29, 0.717) is 29.2 Å². The molecule has 1 fully saturated rings. The molecule has 10 heteroatoms. The lowest BCUT2D eigenvalue weighted by atomic mass is 10.00. The first-order chi connectivity index (χ1) is 18.1. The number of hydrogen-bond donors (Lipinski definition) is 1. The van der Waals surface area contributed by atoms with Crippen molar-refractivity contribution in [3.63, 3.8) is 0 Å². The van der Waals surface area contributed by atoms with Crippen molar-refractivity contribution >= 4 is 5.95 Å². The molecular weight excluding hydrogens is 466 g/mol. The lowest BCUT2D eigenvalue weighted by Gasteiger charge is -2.24. The Kier molecular flexibility index (Phi) is 7.44. The zero-order valence-electron chi connectivity index (χ0n) is 20.8. The Bertz CT molecular complexity index is 1420. The maximum Gasteiger partial charge on any atom is 0.221 e. The SMILES string of the molecule is Cc1c(C#N)cccc1-c1cc(-c2cn(Cc3cccc(CN4CCCOCCC4)n3)nn2)nc(N)n1. The molecule has 1 aliphatic heterocycles. The molecule has 0 bridgehead atoms. The fourth-order valence-electron chi connectivity index (χ4n) is 4.52. The number of nitrogens with two attached hydrogens (primary N) is 1. The number of pyridine rings is 1. The number of aromatic nitrogens is 6. The Hall–Kier alpha value is -4.20. The smallest absolute Gasteiger partial charge is 0.221 e. The maximum atomic E-state index is 9.38. The Morgan fingerprint density at radius 3 is 2.46 bits per heavy atom. The number of nitrogens with zero attached hydrogens (tertiary/aromatic N) is 8. The molecule has 3 aromatic heterocycles. The van der Waals surface area contributed by atoms with Crippen LogP contribution in [0, 0.1) is 18.3 Å². The molecule has 0 atom stereocenters. The molecule has 1 aliphatic rings. The predicted molar refractivity (Wildman–Crippen MR) is 139 cm³/mol. The molecule has 0 saturated carbocycles. The summed E-state index contributed by atoms with van der Waals surface area (Å²) in [4.78, 5) is 16.1. The zero-order chi connectivity index (χ0) is 25.6. The monoisotopic (exact) mass is 495 g/mol. The summed E-state index contributed by atoms with van der Waals surface area (Å²) in [6.45, 7) is 6.89. The lowest BCUT2D eigenvalue weighted by molar-refractivity contribution is 0.0861. The third-order valence-electron chi connectivity index (χ3n) is 6.37. The van der Waals surface area contributed by atoms with Crippen molar-refractivity contribution in [1.29, 1.82) is 5.26 Å². The van der Waals surface area contributed by atoms with Gasteiger partial charge < -0.3 is 10.5 Å². The van der Waals surface area contributed by atoms with E-state index in [4.69, 9.17) is 15.5 Å². The van der Waals surface area contributed by atoms with E-state index in [0.717, 1.165) is 68.2 Å². The van der Waals surface area contributed by atoms with Crippen molar-refractivity contribution in [2.75, 3.05) is 32.0 Å². The van der Waals surface area contributed by atoms with Gasteiger partial charge in [0.2, 0.25) is 5.95 Å². The van der Waals surface area contributed by atoms with Crippen molar-refractivity contribution in [3.8, 4) is 28.7 Å². The average molecular weight is 496 g/mol. The number of hydrogen-bond acceptors (Lipinski definition) is 9. The highest BCUT2D eigenvalue weighted by molar-refractivity contribution is 5.71. The van der Waals surface area contributed by atoms with Crippen molar-refractivity contribution in [2.45, 2.75) is 32.9 Å². The topological polar surface area (TPSA) is 132 Å². The quantitative estimate of drug-likeness (QED) is 0.428. The van der Waals surface area contributed by atoms with Crippen LogP contribution in [0.4, 0.5) is 5.95 Å². The predicted octanol–water partition coefficient (Wildman–Crippen LogP) is 3.22. The van der Waals surface area contributed by atoms with Gasteiger partial charge in [-0.15, -0.1) is 5.10 Å². The molecule has 0 spiro atoms. The van der Waals surface area contributed by atoms with Crippen LogP contribution < -0.4 is 5.73 Å². The molecule has 1 saturated heterocycles. The van der Waals surface area contributed by atoms with Crippen molar-refractivity contribution < 1.29 is 4.74 Å². The van der Waals surface area contributed by atoms with Gasteiger partial charge in [0.05, 0.1) is 47.1 Å². The van der Waals surface area contributed by atoms with Gasteiger partial charge in [0, 0.05) is 38.4 Å². The molecule has 5 rings (SSSR count). The van der Waals surface area contributed by atoms with Crippen LogP contribution in [0.1, 0.15) is 35.4 Å². The molecule has 2 N–H and O–H groups in total. The van der Waals surface area contributed by atoms with Gasteiger partial charge in [0.1, 0.15) is 5.69 Å². The van der Waals surface area contributed by atoms with E-state index in [2.05, 4.69) is 37.3 Å². The summed E-state index contributed by atoms with van der Waals surface area (Å²) < 4.78 is 7.30. The summed E-state index contributed by atoms with van der Waals surface area (Å²) in [5, 5.41) is 18.0. The fourth-order valence-corrected chi connectivity index (χ4v) is 4.52. The fraction of sp³-hybridized carbons (Fsp3) is 0.333. The van der Waals surface area contributed by atoms with Crippen molar-refractivity contribution in [2.24, 2.45) is 0 Å². The first kappa shape index (κ1) is 24.5. The Balaban J connectivity index is 1.33. The van der Waals surface area contributed by atoms with Crippen LogP contribution in [0.15, 0.2) is 48.7 Å². The summed E-state index contributed by atoms with van der Waals surface area (Å²) in [5.41, 5.74) is 12.0. The average Bonchev–Trinajstić information content (AvgIpc) is 3.34. The van der Waals surface area contributed by atoms with E-state index in [9.17, 15) is 5.26 Å². The molecule has 188 valence electrons. The van der Waals surface area contributed by atoms with Crippen LogP contribution >= 0.6 is 0 Å². The normalized spacial score (nSPS) is 14.6. The van der Waals surface area contributed by atoms with Gasteiger partial charge in [-0.05, 0) is 49.6 Å². The van der Waals surface area contributed by atoms with E-state index < -0.39 is 0 Å². The summed E-state index contributed by atoms with van der Waals surface area (Å²) >= 11 is 0. The maximum absolute atomic E-state index is 9.38. The van der Waals surface area contributed by atoms with E-state index >= 15 is 0 Å². The molecule has 0 radical (unpaired) electrons. The highest BCUT2D eigenvalue weighted by Crippen LogP contribution is 2.27. The molecule has 1 aromatic carbocycles. The van der Waals surface area contributed by atoms with E-state index in [1.54, 1.807) is 10.7 Å². The Labute approximate surface area is 215 Å². The highest BCUT2D eigenvalue weighted by Gasteiger charge is 2.14. The van der Waals surface area contributed by atoms with Crippen LogP contribution in [-0.4, -0.2) is 61.1 Å². The first-order valence-corrected chi connectivity index (χ1v) is 12.4. The minimum Gasteiger partial charge on any atom is -0.381 e. The largest absolute Gasteiger partial charge is 0.381 e. The molecule has 4 aromatic rings. The number of nitriles is 1. The summed E-state index contributed by atoms with van der Waals surface area (Å²) in [5.74, 6) is 0.133. The molecule has 0 amide bonds. The molecule has 37 heavy (non-hydrogen) atoms. The van der Waals surface area contributed by atoms with Crippen LogP contribution in [-0.2, 0) is 17.8 Å². The van der Waals surface area contributed by atoms with Crippen molar-refractivity contribution in [1.82, 2.24) is 34.8 Å². The molecule has 0 aliphatic carbocycles. The van der Waals surface area contributed by atoms with E-state index in [-0.39, 0.29) is 5.95 Å². The lowest BCUT2D eigenvalue weighted by Crippen LogP contribution is -2.29. The van der Waals surface area contributed by atoms with Gasteiger partial charge in [-0.1, -0.05) is 23.4 Å². The van der Waals surface area contributed by atoms with Gasteiger partial charge in [0.25, 0.3) is 0 Å². The number of rotatable bonds is 6. The van der Waals surface area contributed by atoms with Crippen LogP contribution in [0.2, 0.25) is 0 Å². The second-order valence-electron chi connectivity index (χ2n) is 9.10. The van der Waals surface area contributed by atoms with Crippen LogP contribution in [0.3, 0.4) is 0 Å². The van der Waals surface area contributed by atoms with Crippen LogP contribution in [0.5, 0.6) is 0 Å². The molecule has 4 heterocycles. The minimum atomic E-state index is 0.133. The molecular formula is C27H29N9O. The van der Waals surface area contributed by atoms with Gasteiger partial charge >= 0.3 is 0 Å². The number of benzene rings is 1. The van der Waals surface area contributed by atoms with E-state index in [1.165, 1.54) is 0 Å². The van der Waals surface area contributed by atoms with Gasteiger partial charge in [-0.2, -0.15) is 5.26 Å². The third kappa shape index (κ3) is 5.97. The van der Waals surface area contributed by atoms with Gasteiger partial charge in [-0.25, -0.2) is 14.6 Å². The minimum absolute atomic E-state index is 0.133. The number of anilines is 1.